The van der Waals surface area contributed by atoms with Crippen LogP contribution in [-0.4, -0.2) is 23.1 Å². The molecule has 88 valence electrons. The molecular formula is C11H23N3O. The van der Waals surface area contributed by atoms with E-state index in [1.807, 2.05) is 0 Å². The SMILES string of the molecule is CCCC1CC1NC(CC)CC(N)=NO. The van der Waals surface area contributed by atoms with Gasteiger partial charge in [0.25, 0.3) is 0 Å². The highest BCUT2D eigenvalue weighted by atomic mass is 16.4. The van der Waals surface area contributed by atoms with E-state index in [1.165, 1.54) is 19.3 Å². The van der Waals surface area contributed by atoms with Crippen molar-refractivity contribution in [3.63, 3.8) is 0 Å². The van der Waals surface area contributed by atoms with Crippen molar-refractivity contribution in [3.05, 3.63) is 0 Å². The molecule has 0 saturated heterocycles. The van der Waals surface area contributed by atoms with Crippen molar-refractivity contribution < 1.29 is 5.21 Å². The lowest BCUT2D eigenvalue weighted by molar-refractivity contribution is 0.315. The maximum atomic E-state index is 8.50. The monoisotopic (exact) mass is 213 g/mol. The fourth-order valence-corrected chi connectivity index (χ4v) is 2.06. The third kappa shape index (κ3) is 4.08. The number of oxime groups is 1. The number of rotatable bonds is 7. The van der Waals surface area contributed by atoms with Crippen molar-refractivity contribution in [1.29, 1.82) is 0 Å². The fourth-order valence-electron chi connectivity index (χ4n) is 2.06. The summed E-state index contributed by atoms with van der Waals surface area (Å²) in [6.45, 7) is 4.35. The standard InChI is InChI=1S/C11H23N3O/c1-3-5-8-6-10(8)13-9(4-2)7-11(12)14-15/h8-10,13,15H,3-7H2,1-2H3,(H2,12,14). The van der Waals surface area contributed by atoms with Gasteiger partial charge in [-0.05, 0) is 25.2 Å². The van der Waals surface area contributed by atoms with Gasteiger partial charge in [-0.15, -0.1) is 0 Å². The molecule has 0 spiro atoms. The lowest BCUT2D eigenvalue weighted by Gasteiger charge is -2.16. The van der Waals surface area contributed by atoms with Crippen LogP contribution >= 0.6 is 0 Å². The van der Waals surface area contributed by atoms with Gasteiger partial charge in [-0.3, -0.25) is 0 Å². The zero-order valence-electron chi connectivity index (χ0n) is 9.74. The van der Waals surface area contributed by atoms with Gasteiger partial charge in [-0.25, -0.2) is 0 Å². The molecule has 1 fully saturated rings. The Hall–Kier alpha value is -0.770. The van der Waals surface area contributed by atoms with Crippen LogP contribution in [0.4, 0.5) is 0 Å². The summed E-state index contributed by atoms with van der Waals surface area (Å²) in [5.74, 6) is 1.18. The smallest absolute Gasteiger partial charge is 0.140 e. The first-order chi connectivity index (χ1) is 7.21. The van der Waals surface area contributed by atoms with E-state index in [1.54, 1.807) is 0 Å². The van der Waals surface area contributed by atoms with Gasteiger partial charge in [0.1, 0.15) is 5.84 Å². The molecule has 3 atom stereocenters. The van der Waals surface area contributed by atoms with Crippen molar-refractivity contribution >= 4 is 5.84 Å². The molecule has 1 aliphatic rings. The zero-order valence-corrected chi connectivity index (χ0v) is 9.74. The summed E-state index contributed by atoms with van der Waals surface area (Å²) in [5, 5.41) is 15.1. The van der Waals surface area contributed by atoms with E-state index in [0.717, 1.165) is 12.3 Å². The molecule has 0 radical (unpaired) electrons. The molecule has 0 aromatic heterocycles. The summed E-state index contributed by atoms with van der Waals surface area (Å²) < 4.78 is 0. The molecule has 1 aliphatic carbocycles. The van der Waals surface area contributed by atoms with Crippen LogP contribution in [-0.2, 0) is 0 Å². The van der Waals surface area contributed by atoms with Crippen LogP contribution in [0.1, 0.15) is 46.0 Å². The van der Waals surface area contributed by atoms with Crippen LogP contribution in [0.25, 0.3) is 0 Å². The van der Waals surface area contributed by atoms with Crippen molar-refractivity contribution in [3.8, 4) is 0 Å². The Kier molecular flexibility index (Phi) is 4.88. The highest BCUT2D eigenvalue weighted by Crippen LogP contribution is 2.35. The van der Waals surface area contributed by atoms with E-state index >= 15 is 0 Å². The van der Waals surface area contributed by atoms with Crippen LogP contribution in [0.15, 0.2) is 5.16 Å². The third-order valence-electron chi connectivity index (χ3n) is 3.11. The van der Waals surface area contributed by atoms with E-state index in [0.29, 0.717) is 24.3 Å². The van der Waals surface area contributed by atoms with Gasteiger partial charge in [0.2, 0.25) is 0 Å². The van der Waals surface area contributed by atoms with Gasteiger partial charge >= 0.3 is 0 Å². The van der Waals surface area contributed by atoms with E-state index < -0.39 is 0 Å². The molecule has 1 rings (SSSR count). The van der Waals surface area contributed by atoms with Gasteiger partial charge in [0.15, 0.2) is 0 Å². The topological polar surface area (TPSA) is 70.6 Å². The highest BCUT2D eigenvalue weighted by Gasteiger charge is 2.36. The number of nitrogens with one attached hydrogen (secondary N) is 1. The summed E-state index contributed by atoms with van der Waals surface area (Å²) >= 11 is 0. The van der Waals surface area contributed by atoms with Crippen LogP contribution in [0.2, 0.25) is 0 Å². The summed E-state index contributed by atoms with van der Waals surface area (Å²) in [5.41, 5.74) is 5.50. The third-order valence-corrected chi connectivity index (χ3v) is 3.11. The largest absolute Gasteiger partial charge is 0.409 e. The van der Waals surface area contributed by atoms with E-state index in [2.05, 4.69) is 24.3 Å². The quantitative estimate of drug-likeness (QED) is 0.261. The molecule has 0 amide bonds. The van der Waals surface area contributed by atoms with Gasteiger partial charge < -0.3 is 16.3 Å². The average Bonchev–Trinajstić information content (AvgIpc) is 2.96. The lowest BCUT2D eigenvalue weighted by atomic mass is 10.1. The van der Waals surface area contributed by atoms with Crippen molar-refractivity contribution in [2.24, 2.45) is 16.8 Å². The first-order valence-electron chi connectivity index (χ1n) is 5.93. The molecule has 0 heterocycles. The normalized spacial score (nSPS) is 27.7. The second kappa shape index (κ2) is 5.95. The lowest BCUT2D eigenvalue weighted by Crippen LogP contribution is -2.35. The predicted molar refractivity (Wildman–Crippen MR) is 62.0 cm³/mol. The Bertz CT molecular complexity index is 218. The first-order valence-corrected chi connectivity index (χ1v) is 5.93. The number of amidine groups is 1. The summed E-state index contributed by atoms with van der Waals surface area (Å²) in [4.78, 5) is 0. The molecule has 4 heteroatoms. The maximum Gasteiger partial charge on any atom is 0.140 e. The Morgan fingerprint density at radius 2 is 2.33 bits per heavy atom. The van der Waals surface area contributed by atoms with E-state index in [-0.39, 0.29) is 0 Å². The fraction of sp³-hybridized carbons (Fsp3) is 0.909. The summed E-state index contributed by atoms with van der Waals surface area (Å²) in [7, 11) is 0. The van der Waals surface area contributed by atoms with E-state index in [4.69, 9.17) is 10.9 Å². The molecule has 0 bridgehead atoms. The van der Waals surface area contributed by atoms with Crippen LogP contribution in [0.3, 0.4) is 0 Å². The summed E-state index contributed by atoms with van der Waals surface area (Å²) in [6.07, 6.45) is 5.53. The molecule has 4 nitrogen and oxygen atoms in total. The molecule has 0 aliphatic heterocycles. The van der Waals surface area contributed by atoms with Crippen molar-refractivity contribution in [2.45, 2.75) is 58.0 Å². The minimum absolute atomic E-state index is 0.321. The second-order valence-corrected chi connectivity index (χ2v) is 4.46. The Morgan fingerprint density at radius 3 is 2.87 bits per heavy atom. The van der Waals surface area contributed by atoms with Crippen molar-refractivity contribution in [2.75, 3.05) is 0 Å². The first kappa shape index (κ1) is 12.3. The number of nitrogens with zero attached hydrogens (tertiary/aromatic N) is 1. The number of nitrogens with two attached hydrogens (primary N) is 1. The Morgan fingerprint density at radius 1 is 1.60 bits per heavy atom. The van der Waals surface area contributed by atoms with Crippen LogP contribution in [0, 0.1) is 5.92 Å². The molecule has 0 aromatic rings. The molecule has 15 heavy (non-hydrogen) atoms. The van der Waals surface area contributed by atoms with E-state index in [9.17, 15) is 0 Å². The van der Waals surface area contributed by atoms with Crippen molar-refractivity contribution in [1.82, 2.24) is 5.32 Å². The predicted octanol–water partition coefficient (Wildman–Crippen LogP) is 1.68. The number of hydrogen-bond donors (Lipinski definition) is 3. The summed E-state index contributed by atoms with van der Waals surface area (Å²) in [6, 6.07) is 1.02. The molecule has 0 aromatic carbocycles. The Balaban J connectivity index is 2.23. The van der Waals surface area contributed by atoms with Gasteiger partial charge in [0.05, 0.1) is 0 Å². The minimum Gasteiger partial charge on any atom is -0.409 e. The maximum absolute atomic E-state index is 8.50. The molecule has 3 unspecified atom stereocenters. The Labute approximate surface area is 91.9 Å². The zero-order chi connectivity index (χ0) is 11.3. The van der Waals surface area contributed by atoms with Crippen LogP contribution < -0.4 is 11.1 Å². The second-order valence-electron chi connectivity index (χ2n) is 4.46. The van der Waals surface area contributed by atoms with Gasteiger partial charge in [-0.2, -0.15) is 0 Å². The molecular weight excluding hydrogens is 190 g/mol. The highest BCUT2D eigenvalue weighted by molar-refractivity contribution is 5.80. The van der Waals surface area contributed by atoms with Crippen LogP contribution in [0.5, 0.6) is 0 Å². The minimum atomic E-state index is 0.321. The van der Waals surface area contributed by atoms with Gasteiger partial charge in [0, 0.05) is 18.5 Å². The average molecular weight is 213 g/mol. The molecule has 1 saturated carbocycles. The van der Waals surface area contributed by atoms with Gasteiger partial charge in [-0.1, -0.05) is 25.4 Å². The molecule has 4 N–H and O–H groups in total. The number of hydrogen-bond acceptors (Lipinski definition) is 3.